The van der Waals surface area contributed by atoms with Crippen LogP contribution < -0.4 is 10.6 Å². The third kappa shape index (κ3) is 3.49. The second-order valence-corrected chi connectivity index (χ2v) is 6.02. The maximum Gasteiger partial charge on any atom is 0.251 e. The topological polar surface area (TPSA) is 78.5 Å². The van der Waals surface area contributed by atoms with Crippen LogP contribution in [-0.4, -0.2) is 22.6 Å². The average molecular weight is 349 g/mol. The van der Waals surface area contributed by atoms with Crippen LogP contribution in [0.4, 0.5) is 11.4 Å². The molecule has 6 nitrogen and oxygen atoms in total. The smallest absolute Gasteiger partial charge is 0.251 e. The predicted molar refractivity (Wildman–Crippen MR) is 99.3 cm³/mol. The van der Waals surface area contributed by atoms with Crippen molar-refractivity contribution in [3.05, 3.63) is 72.3 Å². The molecule has 132 valence electrons. The molecule has 0 spiro atoms. The summed E-state index contributed by atoms with van der Waals surface area (Å²) >= 11 is 0. The van der Waals surface area contributed by atoms with Crippen LogP contribution in [-0.2, 0) is 20.9 Å². The summed E-state index contributed by atoms with van der Waals surface area (Å²) in [7, 11) is 0. The fraction of sp³-hybridized carbons (Fsp3) is 0.150. The first-order valence-corrected chi connectivity index (χ1v) is 8.19. The van der Waals surface area contributed by atoms with Gasteiger partial charge < -0.3 is 15.5 Å². The Balaban J connectivity index is 1.86. The molecule has 0 saturated heterocycles. The highest BCUT2D eigenvalue weighted by Crippen LogP contribution is 2.34. The van der Waals surface area contributed by atoms with Crippen LogP contribution in [0.15, 0.2) is 61.2 Å². The lowest BCUT2D eigenvalue weighted by Crippen LogP contribution is -2.35. The van der Waals surface area contributed by atoms with Crippen LogP contribution in [0.5, 0.6) is 0 Å². The second kappa shape index (κ2) is 7.23. The van der Waals surface area contributed by atoms with Crippen molar-refractivity contribution < 1.29 is 14.4 Å². The Morgan fingerprint density at radius 1 is 1.08 bits per heavy atom. The van der Waals surface area contributed by atoms with Crippen molar-refractivity contribution in [2.75, 3.05) is 10.6 Å². The third-order valence-corrected chi connectivity index (χ3v) is 4.16. The highest BCUT2D eigenvalue weighted by Gasteiger charge is 2.37. The van der Waals surface area contributed by atoms with E-state index in [2.05, 4.69) is 17.2 Å². The van der Waals surface area contributed by atoms with Gasteiger partial charge in [-0.1, -0.05) is 36.9 Å². The number of fused-ring (bicyclic) bond motifs is 1. The monoisotopic (exact) mass is 349 g/mol. The summed E-state index contributed by atoms with van der Waals surface area (Å²) in [5.41, 5.74) is 2.87. The lowest BCUT2D eigenvalue weighted by molar-refractivity contribution is -0.134. The summed E-state index contributed by atoms with van der Waals surface area (Å²) in [6.07, 6.45) is 1.21. The number of benzene rings is 2. The minimum atomic E-state index is -0.721. The molecule has 0 saturated carbocycles. The van der Waals surface area contributed by atoms with Gasteiger partial charge in [0.25, 0.3) is 5.91 Å². The molecule has 0 radical (unpaired) electrons. The van der Waals surface area contributed by atoms with Gasteiger partial charge in [0.2, 0.25) is 11.8 Å². The molecule has 2 aromatic rings. The Bertz CT molecular complexity index is 891. The number of carbonyl (C=O) groups is 3. The van der Waals surface area contributed by atoms with E-state index >= 15 is 0 Å². The van der Waals surface area contributed by atoms with Crippen molar-refractivity contribution >= 4 is 29.1 Å². The van der Waals surface area contributed by atoms with Gasteiger partial charge in [-0.15, -0.1) is 0 Å². The summed E-state index contributed by atoms with van der Waals surface area (Å²) in [5.74, 6) is -0.806. The van der Waals surface area contributed by atoms with Crippen molar-refractivity contribution in [3.8, 4) is 0 Å². The third-order valence-electron chi connectivity index (χ3n) is 4.16. The van der Waals surface area contributed by atoms with Crippen LogP contribution in [0.25, 0.3) is 0 Å². The molecule has 26 heavy (non-hydrogen) atoms. The first kappa shape index (κ1) is 17.4. The first-order chi connectivity index (χ1) is 12.5. The number of hydrogen-bond acceptors (Lipinski definition) is 3. The van der Waals surface area contributed by atoms with E-state index in [-0.39, 0.29) is 17.7 Å². The maximum absolute atomic E-state index is 12.9. The molecule has 1 aliphatic heterocycles. The van der Waals surface area contributed by atoms with Crippen molar-refractivity contribution in [2.24, 2.45) is 0 Å². The molecule has 2 aromatic carbocycles. The van der Waals surface area contributed by atoms with E-state index in [9.17, 15) is 14.4 Å². The summed E-state index contributed by atoms with van der Waals surface area (Å²) < 4.78 is 0. The van der Waals surface area contributed by atoms with Crippen molar-refractivity contribution in [2.45, 2.75) is 19.5 Å². The van der Waals surface area contributed by atoms with E-state index < -0.39 is 6.04 Å². The largest absolute Gasteiger partial charge is 0.326 e. The molecule has 0 aliphatic carbocycles. The number of nitrogens with one attached hydrogen (secondary N) is 2. The second-order valence-electron chi connectivity index (χ2n) is 6.02. The summed E-state index contributed by atoms with van der Waals surface area (Å²) in [5, 5.41) is 5.50. The van der Waals surface area contributed by atoms with Crippen LogP contribution in [0.2, 0.25) is 0 Å². The summed E-state index contributed by atoms with van der Waals surface area (Å²) in [6.45, 7) is 5.30. The molecule has 0 fully saturated rings. The van der Waals surface area contributed by atoms with Gasteiger partial charge in [0.05, 0.1) is 0 Å². The van der Waals surface area contributed by atoms with Crippen LogP contribution in [0.3, 0.4) is 0 Å². The van der Waals surface area contributed by atoms with E-state index in [0.717, 1.165) is 11.1 Å². The van der Waals surface area contributed by atoms with Gasteiger partial charge in [-0.2, -0.15) is 0 Å². The lowest BCUT2D eigenvalue weighted by Gasteiger charge is -2.23. The fourth-order valence-electron chi connectivity index (χ4n) is 3.08. The SMILES string of the molecule is C=CC(=O)N1Cc2ccccc2C1C(=O)Nc1cccc(NC(C)=O)c1. The number of carbonyl (C=O) groups excluding carboxylic acids is 3. The molecule has 6 heteroatoms. The minimum Gasteiger partial charge on any atom is -0.326 e. The molecule has 1 aliphatic rings. The Kier molecular flexibility index (Phi) is 4.84. The minimum absolute atomic E-state index is 0.194. The number of rotatable bonds is 4. The van der Waals surface area contributed by atoms with Gasteiger partial charge in [0, 0.05) is 24.8 Å². The highest BCUT2D eigenvalue weighted by atomic mass is 16.2. The van der Waals surface area contributed by atoms with E-state index in [1.165, 1.54) is 17.9 Å². The van der Waals surface area contributed by atoms with Crippen molar-refractivity contribution in [3.63, 3.8) is 0 Å². The Labute approximate surface area is 151 Å². The van der Waals surface area contributed by atoms with E-state index in [4.69, 9.17) is 0 Å². The number of nitrogens with zero attached hydrogens (tertiary/aromatic N) is 1. The Morgan fingerprint density at radius 3 is 2.46 bits per heavy atom. The van der Waals surface area contributed by atoms with E-state index in [1.54, 1.807) is 24.3 Å². The molecule has 1 heterocycles. The molecule has 0 aromatic heterocycles. The summed E-state index contributed by atoms with van der Waals surface area (Å²) in [4.78, 5) is 37.8. The zero-order valence-electron chi connectivity index (χ0n) is 14.4. The molecular weight excluding hydrogens is 330 g/mol. The molecule has 2 N–H and O–H groups in total. The van der Waals surface area contributed by atoms with Crippen LogP contribution >= 0.6 is 0 Å². The molecule has 1 unspecified atom stereocenters. The molecule has 1 atom stereocenters. The number of amides is 3. The Hall–Kier alpha value is -3.41. The molecule has 3 rings (SSSR count). The van der Waals surface area contributed by atoms with E-state index in [1.807, 2.05) is 24.3 Å². The first-order valence-electron chi connectivity index (χ1n) is 8.19. The highest BCUT2D eigenvalue weighted by molar-refractivity contribution is 6.01. The lowest BCUT2D eigenvalue weighted by atomic mass is 10.0. The zero-order chi connectivity index (χ0) is 18.7. The van der Waals surface area contributed by atoms with Gasteiger partial charge >= 0.3 is 0 Å². The quantitative estimate of drug-likeness (QED) is 0.833. The molecular formula is C20H19N3O3. The van der Waals surface area contributed by atoms with Gasteiger partial charge in [-0.3, -0.25) is 14.4 Å². The van der Waals surface area contributed by atoms with Crippen LogP contribution in [0, 0.1) is 0 Å². The average Bonchev–Trinajstić information content (AvgIpc) is 3.00. The summed E-state index contributed by atoms with van der Waals surface area (Å²) in [6, 6.07) is 13.6. The fourth-order valence-corrected chi connectivity index (χ4v) is 3.08. The number of anilines is 2. The van der Waals surface area contributed by atoms with Crippen LogP contribution in [0.1, 0.15) is 24.1 Å². The van der Waals surface area contributed by atoms with Crippen molar-refractivity contribution in [1.29, 1.82) is 0 Å². The number of hydrogen-bond donors (Lipinski definition) is 2. The standard InChI is InChI=1S/C20H19N3O3/c1-3-18(25)23-12-14-7-4-5-10-17(14)19(23)20(26)22-16-9-6-8-15(11-16)21-13(2)24/h3-11,19H,1,12H2,2H3,(H,21,24)(H,22,26). The van der Waals surface area contributed by atoms with E-state index in [0.29, 0.717) is 17.9 Å². The predicted octanol–water partition coefficient (Wildman–Crippen LogP) is 2.85. The van der Waals surface area contributed by atoms with Gasteiger partial charge in [-0.05, 0) is 35.4 Å². The van der Waals surface area contributed by atoms with Gasteiger partial charge in [0.1, 0.15) is 6.04 Å². The molecule has 3 amide bonds. The van der Waals surface area contributed by atoms with Crippen molar-refractivity contribution in [1.82, 2.24) is 4.90 Å². The molecule has 0 bridgehead atoms. The van der Waals surface area contributed by atoms with Gasteiger partial charge in [0.15, 0.2) is 0 Å². The normalized spacial score (nSPS) is 15.1. The maximum atomic E-state index is 12.9. The zero-order valence-corrected chi connectivity index (χ0v) is 14.4. The van der Waals surface area contributed by atoms with Gasteiger partial charge in [-0.25, -0.2) is 0 Å². The Morgan fingerprint density at radius 2 is 1.77 bits per heavy atom.